The average Bonchev–Trinajstić information content (AvgIpc) is 2.46. The molecule has 0 aromatic carbocycles. The number of rotatable bonds is 5. The summed E-state index contributed by atoms with van der Waals surface area (Å²) in [6.07, 6.45) is 3.19. The number of ether oxygens (including phenoxy) is 1. The minimum Gasteiger partial charge on any atom is -0.383 e. The molecule has 0 spiro atoms. The molecule has 0 N–H and O–H groups in total. The van der Waals surface area contributed by atoms with Gasteiger partial charge in [-0.25, -0.2) is 0 Å². The standard InChI is InChI=1S/C10H19NO2/c1-3-4-9-5-6-11(10(9)12)7-8-13-2/h9H,3-8H2,1-2H3. The molecular weight excluding hydrogens is 166 g/mol. The zero-order chi connectivity index (χ0) is 9.68. The van der Waals surface area contributed by atoms with E-state index < -0.39 is 0 Å². The fraction of sp³-hybridized carbons (Fsp3) is 0.900. The van der Waals surface area contributed by atoms with E-state index >= 15 is 0 Å². The Labute approximate surface area is 80.1 Å². The highest BCUT2D eigenvalue weighted by Crippen LogP contribution is 2.21. The number of carbonyl (C=O) groups is 1. The largest absolute Gasteiger partial charge is 0.383 e. The van der Waals surface area contributed by atoms with Crippen molar-refractivity contribution in [3.8, 4) is 0 Å². The first-order chi connectivity index (χ1) is 6.29. The molecule has 1 heterocycles. The van der Waals surface area contributed by atoms with Gasteiger partial charge in [-0.1, -0.05) is 13.3 Å². The first kappa shape index (κ1) is 10.5. The number of hydrogen-bond donors (Lipinski definition) is 0. The van der Waals surface area contributed by atoms with E-state index in [0.717, 1.165) is 32.4 Å². The normalized spacial score (nSPS) is 22.8. The first-order valence-electron chi connectivity index (χ1n) is 5.07. The second-order valence-electron chi connectivity index (χ2n) is 3.59. The average molecular weight is 185 g/mol. The van der Waals surface area contributed by atoms with Crippen LogP contribution in [0.3, 0.4) is 0 Å². The van der Waals surface area contributed by atoms with Crippen molar-refractivity contribution in [3.05, 3.63) is 0 Å². The lowest BCUT2D eigenvalue weighted by Crippen LogP contribution is -2.30. The quantitative estimate of drug-likeness (QED) is 0.645. The SMILES string of the molecule is CCCC1CCN(CCOC)C1=O. The minimum absolute atomic E-state index is 0.293. The van der Waals surface area contributed by atoms with Crippen molar-refractivity contribution >= 4 is 5.91 Å². The lowest BCUT2D eigenvalue weighted by Gasteiger charge is -2.15. The zero-order valence-electron chi connectivity index (χ0n) is 8.58. The third kappa shape index (κ3) is 2.69. The van der Waals surface area contributed by atoms with Gasteiger partial charge in [-0.15, -0.1) is 0 Å². The van der Waals surface area contributed by atoms with Crippen molar-refractivity contribution in [1.82, 2.24) is 4.90 Å². The number of nitrogens with zero attached hydrogens (tertiary/aromatic N) is 1. The van der Waals surface area contributed by atoms with E-state index in [9.17, 15) is 4.79 Å². The minimum atomic E-state index is 0.293. The van der Waals surface area contributed by atoms with Crippen molar-refractivity contribution < 1.29 is 9.53 Å². The first-order valence-corrected chi connectivity index (χ1v) is 5.07. The van der Waals surface area contributed by atoms with Gasteiger partial charge in [0.15, 0.2) is 0 Å². The van der Waals surface area contributed by atoms with E-state index in [1.165, 1.54) is 0 Å². The summed E-state index contributed by atoms with van der Waals surface area (Å²) in [4.78, 5) is 13.6. The molecule has 1 aliphatic rings. The predicted molar refractivity (Wildman–Crippen MR) is 51.5 cm³/mol. The molecule has 1 amide bonds. The molecule has 1 saturated heterocycles. The van der Waals surface area contributed by atoms with Gasteiger partial charge < -0.3 is 9.64 Å². The second-order valence-corrected chi connectivity index (χ2v) is 3.59. The van der Waals surface area contributed by atoms with Gasteiger partial charge in [0, 0.05) is 26.1 Å². The van der Waals surface area contributed by atoms with E-state index in [2.05, 4.69) is 6.92 Å². The van der Waals surface area contributed by atoms with E-state index in [0.29, 0.717) is 18.4 Å². The monoisotopic (exact) mass is 185 g/mol. The lowest BCUT2D eigenvalue weighted by molar-refractivity contribution is -0.131. The number of hydrogen-bond acceptors (Lipinski definition) is 2. The fourth-order valence-corrected chi connectivity index (χ4v) is 1.84. The summed E-state index contributed by atoms with van der Waals surface area (Å²) in [7, 11) is 1.67. The van der Waals surface area contributed by atoms with Crippen LogP contribution in [0.5, 0.6) is 0 Å². The molecule has 3 heteroatoms. The molecule has 1 aliphatic heterocycles. The molecule has 1 fully saturated rings. The van der Waals surface area contributed by atoms with E-state index in [1.807, 2.05) is 4.90 Å². The van der Waals surface area contributed by atoms with Crippen LogP contribution in [0.15, 0.2) is 0 Å². The molecule has 1 rings (SSSR count). The highest BCUT2D eigenvalue weighted by molar-refractivity contribution is 5.80. The maximum Gasteiger partial charge on any atom is 0.225 e. The van der Waals surface area contributed by atoms with E-state index in [1.54, 1.807) is 7.11 Å². The van der Waals surface area contributed by atoms with Gasteiger partial charge in [-0.2, -0.15) is 0 Å². The van der Waals surface area contributed by atoms with Gasteiger partial charge in [0.2, 0.25) is 5.91 Å². The van der Waals surface area contributed by atoms with Gasteiger partial charge in [-0.05, 0) is 12.8 Å². The highest BCUT2D eigenvalue weighted by Gasteiger charge is 2.29. The topological polar surface area (TPSA) is 29.5 Å². The number of methoxy groups -OCH3 is 1. The van der Waals surface area contributed by atoms with Crippen molar-refractivity contribution in [2.75, 3.05) is 26.8 Å². The maximum absolute atomic E-state index is 11.7. The second kappa shape index (κ2) is 5.22. The smallest absolute Gasteiger partial charge is 0.225 e. The number of amides is 1. The Morgan fingerprint density at radius 3 is 3.00 bits per heavy atom. The molecule has 0 saturated carbocycles. The van der Waals surface area contributed by atoms with Gasteiger partial charge in [0.1, 0.15) is 0 Å². The molecule has 1 atom stereocenters. The van der Waals surface area contributed by atoms with Crippen molar-refractivity contribution in [2.45, 2.75) is 26.2 Å². The van der Waals surface area contributed by atoms with Crippen LogP contribution in [-0.2, 0) is 9.53 Å². The Balaban J connectivity index is 2.32. The van der Waals surface area contributed by atoms with E-state index in [-0.39, 0.29) is 0 Å². The Morgan fingerprint density at radius 2 is 2.38 bits per heavy atom. The Morgan fingerprint density at radius 1 is 1.62 bits per heavy atom. The van der Waals surface area contributed by atoms with Crippen LogP contribution in [0.25, 0.3) is 0 Å². The van der Waals surface area contributed by atoms with E-state index in [4.69, 9.17) is 4.74 Å². The van der Waals surface area contributed by atoms with Crippen molar-refractivity contribution in [3.63, 3.8) is 0 Å². The molecule has 0 aliphatic carbocycles. The highest BCUT2D eigenvalue weighted by atomic mass is 16.5. The summed E-state index contributed by atoms with van der Waals surface area (Å²) in [5.41, 5.74) is 0. The molecular formula is C10H19NO2. The predicted octanol–water partition coefficient (Wildman–Crippen LogP) is 1.28. The van der Waals surface area contributed by atoms with Crippen LogP contribution in [0, 0.1) is 5.92 Å². The third-order valence-electron chi connectivity index (χ3n) is 2.61. The summed E-state index contributed by atoms with van der Waals surface area (Å²) in [5, 5.41) is 0. The number of carbonyl (C=O) groups excluding carboxylic acids is 1. The zero-order valence-corrected chi connectivity index (χ0v) is 8.58. The molecule has 13 heavy (non-hydrogen) atoms. The van der Waals surface area contributed by atoms with Crippen LogP contribution < -0.4 is 0 Å². The fourth-order valence-electron chi connectivity index (χ4n) is 1.84. The molecule has 0 radical (unpaired) electrons. The van der Waals surface area contributed by atoms with Gasteiger partial charge >= 0.3 is 0 Å². The molecule has 1 unspecified atom stereocenters. The molecule has 0 bridgehead atoms. The number of likely N-dealkylation sites (tertiary alicyclic amines) is 1. The Hall–Kier alpha value is -0.570. The molecule has 76 valence electrons. The van der Waals surface area contributed by atoms with Crippen molar-refractivity contribution in [2.24, 2.45) is 5.92 Å². The third-order valence-corrected chi connectivity index (χ3v) is 2.61. The van der Waals surface area contributed by atoms with Gasteiger partial charge in [-0.3, -0.25) is 4.79 Å². The van der Waals surface area contributed by atoms with Crippen LogP contribution >= 0.6 is 0 Å². The molecule has 0 aromatic heterocycles. The summed E-state index contributed by atoms with van der Waals surface area (Å²) in [6, 6.07) is 0. The Kier molecular flexibility index (Phi) is 4.22. The van der Waals surface area contributed by atoms with Crippen LogP contribution in [-0.4, -0.2) is 37.6 Å². The molecule has 3 nitrogen and oxygen atoms in total. The summed E-state index contributed by atoms with van der Waals surface area (Å²) in [6.45, 7) is 4.47. The summed E-state index contributed by atoms with van der Waals surface area (Å²) >= 11 is 0. The maximum atomic E-state index is 11.7. The Bertz CT molecular complexity index is 170. The van der Waals surface area contributed by atoms with Crippen LogP contribution in [0.1, 0.15) is 26.2 Å². The molecule has 0 aromatic rings. The van der Waals surface area contributed by atoms with Crippen LogP contribution in [0.2, 0.25) is 0 Å². The van der Waals surface area contributed by atoms with Gasteiger partial charge in [0.25, 0.3) is 0 Å². The summed E-state index contributed by atoms with van der Waals surface area (Å²) in [5.74, 6) is 0.626. The summed E-state index contributed by atoms with van der Waals surface area (Å²) < 4.78 is 4.95. The van der Waals surface area contributed by atoms with Gasteiger partial charge in [0.05, 0.1) is 6.61 Å². The van der Waals surface area contributed by atoms with Crippen molar-refractivity contribution in [1.29, 1.82) is 0 Å². The van der Waals surface area contributed by atoms with Crippen LogP contribution in [0.4, 0.5) is 0 Å². The lowest BCUT2D eigenvalue weighted by atomic mass is 10.0.